The molecule has 1 saturated heterocycles. The van der Waals surface area contributed by atoms with Gasteiger partial charge in [0, 0.05) is 30.8 Å². The second kappa shape index (κ2) is 4.87. The summed E-state index contributed by atoms with van der Waals surface area (Å²) in [6.07, 6.45) is 2.08. The third kappa shape index (κ3) is 2.34. The van der Waals surface area contributed by atoms with Crippen molar-refractivity contribution in [1.82, 2.24) is 15.1 Å². The number of aromatic nitrogens is 2. The van der Waals surface area contributed by atoms with Gasteiger partial charge in [-0.25, -0.2) is 8.42 Å². The van der Waals surface area contributed by atoms with E-state index in [0.29, 0.717) is 19.5 Å². The zero-order valence-corrected chi connectivity index (χ0v) is 12.4. The second-order valence-electron chi connectivity index (χ2n) is 5.59. The number of sulfone groups is 1. The molecule has 2 aliphatic rings. The Balaban J connectivity index is 1.75. The molecule has 6 nitrogen and oxygen atoms in total. The van der Waals surface area contributed by atoms with Gasteiger partial charge in [0.15, 0.2) is 9.84 Å². The van der Waals surface area contributed by atoms with E-state index in [9.17, 15) is 13.2 Å². The number of nitrogens with zero attached hydrogens (tertiary/aromatic N) is 2. The van der Waals surface area contributed by atoms with Gasteiger partial charge in [-0.15, -0.1) is 0 Å². The van der Waals surface area contributed by atoms with Gasteiger partial charge >= 0.3 is 0 Å². The molecule has 2 aliphatic heterocycles. The first kappa shape index (κ1) is 13.6. The quantitative estimate of drug-likeness (QED) is 0.850. The van der Waals surface area contributed by atoms with Crippen LogP contribution in [0, 0.1) is 5.92 Å². The molecule has 1 N–H and O–H groups in total. The van der Waals surface area contributed by atoms with Crippen molar-refractivity contribution in [2.75, 3.05) is 18.1 Å². The van der Waals surface area contributed by atoms with Crippen molar-refractivity contribution in [2.24, 2.45) is 5.92 Å². The van der Waals surface area contributed by atoms with Gasteiger partial charge in [-0.2, -0.15) is 5.10 Å². The lowest BCUT2D eigenvalue weighted by molar-refractivity contribution is -0.135. The summed E-state index contributed by atoms with van der Waals surface area (Å²) >= 11 is 0. The third-order valence-corrected chi connectivity index (χ3v) is 6.02. The van der Waals surface area contributed by atoms with Crippen LogP contribution in [0.5, 0.6) is 0 Å². The molecule has 0 saturated carbocycles. The first-order valence-electron chi connectivity index (χ1n) is 7.04. The number of amides is 1. The molecule has 0 spiro atoms. The number of aryl methyl sites for hydroxylation is 1. The van der Waals surface area contributed by atoms with Gasteiger partial charge in [0.25, 0.3) is 0 Å². The van der Waals surface area contributed by atoms with E-state index < -0.39 is 9.84 Å². The first-order chi connectivity index (χ1) is 9.50. The minimum absolute atomic E-state index is 0.0139. The molecule has 1 fully saturated rings. The number of H-pyrrole nitrogens is 1. The normalized spacial score (nSPS) is 24.6. The van der Waals surface area contributed by atoms with Crippen molar-refractivity contribution in [2.45, 2.75) is 32.7 Å². The summed E-state index contributed by atoms with van der Waals surface area (Å²) in [6, 6.07) is 0. The first-order valence-corrected chi connectivity index (χ1v) is 8.86. The molecular formula is C13H19N3O3S. The Bertz CT molecular complexity index is 622. The van der Waals surface area contributed by atoms with Crippen LogP contribution in [0.4, 0.5) is 0 Å². The molecule has 7 heteroatoms. The maximum Gasteiger partial charge on any atom is 0.227 e. The molecular weight excluding hydrogens is 278 g/mol. The SMILES string of the molecule is CCc1n[nH]c2c1CN(C(=O)[C@@H]1CCS(=O)(=O)C1)CC2. The number of hydrogen-bond acceptors (Lipinski definition) is 4. The fraction of sp³-hybridized carbons (Fsp3) is 0.692. The fourth-order valence-electron chi connectivity index (χ4n) is 3.08. The van der Waals surface area contributed by atoms with Crippen molar-refractivity contribution >= 4 is 15.7 Å². The van der Waals surface area contributed by atoms with Crippen LogP contribution in [0.25, 0.3) is 0 Å². The van der Waals surface area contributed by atoms with Gasteiger partial charge < -0.3 is 4.90 Å². The summed E-state index contributed by atoms with van der Waals surface area (Å²) in [4.78, 5) is 14.2. The van der Waals surface area contributed by atoms with Crippen molar-refractivity contribution in [3.05, 3.63) is 17.0 Å². The van der Waals surface area contributed by atoms with Crippen LogP contribution in [0.1, 0.15) is 30.3 Å². The van der Waals surface area contributed by atoms with E-state index in [1.54, 1.807) is 4.90 Å². The van der Waals surface area contributed by atoms with E-state index in [4.69, 9.17) is 0 Å². The van der Waals surface area contributed by atoms with Gasteiger partial charge in [-0.05, 0) is 12.8 Å². The largest absolute Gasteiger partial charge is 0.338 e. The summed E-state index contributed by atoms with van der Waals surface area (Å²) in [7, 11) is -3.01. The van der Waals surface area contributed by atoms with Gasteiger partial charge in [-0.3, -0.25) is 9.89 Å². The van der Waals surface area contributed by atoms with Gasteiger partial charge in [-0.1, -0.05) is 6.92 Å². The van der Waals surface area contributed by atoms with Crippen LogP contribution in [-0.2, 0) is 34.0 Å². The van der Waals surface area contributed by atoms with Crippen LogP contribution < -0.4 is 0 Å². The number of aromatic amines is 1. The van der Waals surface area contributed by atoms with Gasteiger partial charge in [0.1, 0.15) is 0 Å². The average molecular weight is 297 g/mol. The number of rotatable bonds is 2. The molecule has 1 atom stereocenters. The Morgan fingerprint density at radius 2 is 2.30 bits per heavy atom. The number of hydrogen-bond donors (Lipinski definition) is 1. The molecule has 3 rings (SSSR count). The van der Waals surface area contributed by atoms with E-state index in [-0.39, 0.29) is 23.3 Å². The summed E-state index contributed by atoms with van der Waals surface area (Å²) < 4.78 is 23.0. The lowest BCUT2D eigenvalue weighted by atomic mass is 10.0. The minimum Gasteiger partial charge on any atom is -0.338 e. The summed E-state index contributed by atoms with van der Waals surface area (Å²) in [5, 5.41) is 7.31. The highest BCUT2D eigenvalue weighted by Gasteiger charge is 2.36. The molecule has 110 valence electrons. The Kier molecular flexibility index (Phi) is 3.32. The number of carbonyl (C=O) groups is 1. The van der Waals surface area contributed by atoms with Gasteiger partial charge in [0.05, 0.1) is 23.1 Å². The summed E-state index contributed by atoms with van der Waals surface area (Å²) in [5.41, 5.74) is 3.24. The smallest absolute Gasteiger partial charge is 0.227 e. The number of fused-ring (bicyclic) bond motifs is 1. The van der Waals surface area contributed by atoms with E-state index in [1.165, 1.54) is 0 Å². The predicted octanol–water partition coefficient (Wildman–Crippen LogP) is 0.291. The van der Waals surface area contributed by atoms with Crippen LogP contribution in [0.3, 0.4) is 0 Å². The Morgan fingerprint density at radius 3 is 2.95 bits per heavy atom. The number of carbonyl (C=O) groups excluding carboxylic acids is 1. The topological polar surface area (TPSA) is 83.1 Å². The molecule has 0 aromatic carbocycles. The minimum atomic E-state index is -3.01. The third-order valence-electron chi connectivity index (χ3n) is 4.25. The van der Waals surface area contributed by atoms with Crippen LogP contribution >= 0.6 is 0 Å². The molecule has 0 bridgehead atoms. The lowest BCUT2D eigenvalue weighted by Crippen LogP contribution is -2.40. The van der Waals surface area contributed by atoms with Gasteiger partial charge in [0.2, 0.25) is 5.91 Å². The fourth-order valence-corrected chi connectivity index (χ4v) is 4.82. The van der Waals surface area contributed by atoms with Crippen molar-refractivity contribution in [1.29, 1.82) is 0 Å². The molecule has 3 heterocycles. The lowest BCUT2D eigenvalue weighted by Gasteiger charge is -2.29. The highest BCUT2D eigenvalue weighted by atomic mass is 32.2. The maximum absolute atomic E-state index is 12.5. The van der Waals surface area contributed by atoms with Crippen molar-refractivity contribution in [3.63, 3.8) is 0 Å². The van der Waals surface area contributed by atoms with Crippen LogP contribution in [0.2, 0.25) is 0 Å². The van der Waals surface area contributed by atoms with E-state index in [1.807, 2.05) is 6.92 Å². The molecule has 0 unspecified atom stereocenters. The average Bonchev–Trinajstić information content (AvgIpc) is 3.00. The summed E-state index contributed by atoms with van der Waals surface area (Å²) in [6.45, 7) is 3.25. The zero-order chi connectivity index (χ0) is 14.3. The molecule has 0 aliphatic carbocycles. The molecule has 20 heavy (non-hydrogen) atoms. The number of nitrogens with one attached hydrogen (secondary N) is 1. The standard InChI is InChI=1S/C13H19N3O3S/c1-2-11-10-7-16(5-3-12(10)15-14-11)13(17)9-4-6-20(18,19)8-9/h9H,2-8H2,1H3,(H,14,15)/t9-/m1/s1. The zero-order valence-electron chi connectivity index (χ0n) is 11.6. The summed E-state index contributed by atoms with van der Waals surface area (Å²) in [5.74, 6) is -0.200. The van der Waals surface area contributed by atoms with Crippen LogP contribution in [-0.4, -0.2) is 47.5 Å². The van der Waals surface area contributed by atoms with E-state index >= 15 is 0 Å². The Labute approximate surface area is 118 Å². The van der Waals surface area contributed by atoms with E-state index in [2.05, 4.69) is 10.2 Å². The van der Waals surface area contributed by atoms with Crippen molar-refractivity contribution in [3.8, 4) is 0 Å². The predicted molar refractivity (Wildman–Crippen MR) is 73.8 cm³/mol. The van der Waals surface area contributed by atoms with Crippen LogP contribution in [0.15, 0.2) is 0 Å². The molecule has 0 radical (unpaired) electrons. The van der Waals surface area contributed by atoms with Crippen molar-refractivity contribution < 1.29 is 13.2 Å². The molecule has 1 amide bonds. The molecule has 1 aromatic rings. The highest BCUT2D eigenvalue weighted by molar-refractivity contribution is 7.91. The monoisotopic (exact) mass is 297 g/mol. The Morgan fingerprint density at radius 1 is 1.50 bits per heavy atom. The Hall–Kier alpha value is -1.37. The highest BCUT2D eigenvalue weighted by Crippen LogP contribution is 2.25. The maximum atomic E-state index is 12.5. The molecule has 1 aromatic heterocycles. The van der Waals surface area contributed by atoms with E-state index in [0.717, 1.165) is 29.8 Å². The second-order valence-corrected chi connectivity index (χ2v) is 7.82.